The van der Waals surface area contributed by atoms with Gasteiger partial charge in [0.25, 0.3) is 5.91 Å². The van der Waals surface area contributed by atoms with Crippen LogP contribution in [0.5, 0.6) is 11.5 Å². The number of ether oxygens (including phenoxy) is 2. The van der Waals surface area contributed by atoms with Gasteiger partial charge in [0.05, 0.1) is 7.11 Å². The summed E-state index contributed by atoms with van der Waals surface area (Å²) < 4.78 is 10.9. The summed E-state index contributed by atoms with van der Waals surface area (Å²) in [6.45, 7) is 2.65. The van der Waals surface area contributed by atoms with Crippen molar-refractivity contribution in [1.29, 1.82) is 0 Å². The zero-order valence-corrected chi connectivity index (χ0v) is 12.0. The van der Waals surface area contributed by atoms with Crippen molar-refractivity contribution in [2.45, 2.75) is 44.9 Å². The second-order valence-electron chi connectivity index (χ2n) is 5.06. The van der Waals surface area contributed by atoms with Crippen molar-refractivity contribution < 1.29 is 14.3 Å². The van der Waals surface area contributed by atoms with Crippen LogP contribution in [0.2, 0.25) is 0 Å². The minimum atomic E-state index is -0.629. The van der Waals surface area contributed by atoms with E-state index in [1.165, 1.54) is 12.8 Å². The third kappa shape index (κ3) is 3.87. The SMILES string of the molecule is CCC(Oc1cc(CNC2CC2)ccc1OC)C(N)=O. The van der Waals surface area contributed by atoms with E-state index in [1.54, 1.807) is 7.11 Å². The van der Waals surface area contributed by atoms with E-state index in [0.717, 1.165) is 12.1 Å². The molecule has 1 aromatic rings. The van der Waals surface area contributed by atoms with E-state index in [0.29, 0.717) is 24.0 Å². The number of methoxy groups -OCH3 is 1. The average molecular weight is 278 g/mol. The van der Waals surface area contributed by atoms with Gasteiger partial charge in [-0.25, -0.2) is 0 Å². The summed E-state index contributed by atoms with van der Waals surface area (Å²) in [6.07, 6.45) is 2.40. The summed E-state index contributed by atoms with van der Waals surface area (Å²) in [4.78, 5) is 11.3. The molecule has 0 bridgehead atoms. The first-order valence-electron chi connectivity index (χ1n) is 7.00. The highest BCUT2D eigenvalue weighted by Gasteiger charge is 2.21. The molecule has 1 atom stereocenters. The fraction of sp³-hybridized carbons (Fsp3) is 0.533. The molecule has 5 nitrogen and oxygen atoms in total. The molecule has 110 valence electrons. The lowest BCUT2D eigenvalue weighted by Crippen LogP contribution is -2.33. The van der Waals surface area contributed by atoms with Gasteiger partial charge in [-0.3, -0.25) is 4.79 Å². The molecule has 20 heavy (non-hydrogen) atoms. The highest BCUT2D eigenvalue weighted by atomic mass is 16.5. The molecule has 1 aliphatic rings. The molecule has 0 radical (unpaired) electrons. The standard InChI is InChI=1S/C15H22N2O3/c1-3-12(15(16)18)20-14-8-10(4-7-13(14)19-2)9-17-11-5-6-11/h4,7-8,11-12,17H,3,5-6,9H2,1-2H3,(H2,16,18). The molecule has 1 saturated carbocycles. The van der Waals surface area contributed by atoms with Crippen molar-refractivity contribution in [3.05, 3.63) is 23.8 Å². The summed E-state index contributed by atoms with van der Waals surface area (Å²) >= 11 is 0. The molecule has 0 aromatic heterocycles. The molecular weight excluding hydrogens is 256 g/mol. The maximum absolute atomic E-state index is 11.3. The van der Waals surface area contributed by atoms with Crippen molar-refractivity contribution in [3.8, 4) is 11.5 Å². The molecule has 3 N–H and O–H groups in total. The van der Waals surface area contributed by atoms with Gasteiger partial charge in [-0.2, -0.15) is 0 Å². The van der Waals surface area contributed by atoms with Crippen LogP contribution in [0.4, 0.5) is 0 Å². The fourth-order valence-electron chi connectivity index (χ4n) is 1.97. The molecule has 1 unspecified atom stereocenters. The monoisotopic (exact) mass is 278 g/mol. The number of hydrogen-bond donors (Lipinski definition) is 2. The van der Waals surface area contributed by atoms with Crippen LogP contribution in [0.15, 0.2) is 18.2 Å². The van der Waals surface area contributed by atoms with Crippen LogP contribution in [-0.2, 0) is 11.3 Å². The Morgan fingerprint density at radius 3 is 2.75 bits per heavy atom. The van der Waals surface area contributed by atoms with E-state index >= 15 is 0 Å². The predicted molar refractivity (Wildman–Crippen MR) is 76.8 cm³/mol. The summed E-state index contributed by atoms with van der Waals surface area (Å²) in [5.74, 6) is 0.712. The van der Waals surface area contributed by atoms with Crippen LogP contribution in [0.1, 0.15) is 31.7 Å². The zero-order chi connectivity index (χ0) is 14.5. The van der Waals surface area contributed by atoms with Crippen molar-refractivity contribution in [2.24, 2.45) is 5.73 Å². The van der Waals surface area contributed by atoms with Crippen LogP contribution in [0.25, 0.3) is 0 Å². The zero-order valence-electron chi connectivity index (χ0n) is 12.0. The van der Waals surface area contributed by atoms with E-state index in [-0.39, 0.29) is 0 Å². The molecule has 1 amide bonds. The van der Waals surface area contributed by atoms with Crippen LogP contribution in [-0.4, -0.2) is 25.2 Å². The van der Waals surface area contributed by atoms with Crippen molar-refractivity contribution >= 4 is 5.91 Å². The molecule has 0 spiro atoms. The number of primary amides is 1. The summed E-state index contributed by atoms with van der Waals surface area (Å²) in [5.41, 5.74) is 6.42. The molecule has 5 heteroatoms. The highest BCUT2D eigenvalue weighted by Crippen LogP contribution is 2.30. The van der Waals surface area contributed by atoms with Crippen molar-refractivity contribution in [3.63, 3.8) is 0 Å². The Labute approximate surface area is 119 Å². The Bertz CT molecular complexity index is 472. The maximum Gasteiger partial charge on any atom is 0.258 e. The summed E-state index contributed by atoms with van der Waals surface area (Å²) in [5, 5.41) is 3.44. The normalized spacial score (nSPS) is 15.7. The smallest absolute Gasteiger partial charge is 0.258 e. The number of rotatable bonds is 8. The maximum atomic E-state index is 11.3. The van der Waals surface area contributed by atoms with Gasteiger partial charge >= 0.3 is 0 Å². The molecule has 1 aliphatic carbocycles. The fourth-order valence-corrected chi connectivity index (χ4v) is 1.97. The molecule has 0 heterocycles. The van der Waals surface area contributed by atoms with Crippen LogP contribution < -0.4 is 20.5 Å². The van der Waals surface area contributed by atoms with Crippen LogP contribution >= 0.6 is 0 Å². The summed E-state index contributed by atoms with van der Waals surface area (Å²) in [7, 11) is 1.58. The third-order valence-electron chi connectivity index (χ3n) is 3.36. The molecule has 1 fully saturated rings. The lowest BCUT2D eigenvalue weighted by atomic mass is 10.2. The molecule has 1 aromatic carbocycles. The van der Waals surface area contributed by atoms with Crippen molar-refractivity contribution in [1.82, 2.24) is 5.32 Å². The molecule has 0 saturated heterocycles. The van der Waals surface area contributed by atoms with Crippen LogP contribution in [0.3, 0.4) is 0 Å². The Morgan fingerprint density at radius 1 is 1.45 bits per heavy atom. The minimum absolute atomic E-state index is 0.462. The Morgan fingerprint density at radius 2 is 2.20 bits per heavy atom. The van der Waals surface area contributed by atoms with E-state index < -0.39 is 12.0 Å². The number of carbonyl (C=O) groups excluding carboxylic acids is 1. The third-order valence-corrected chi connectivity index (χ3v) is 3.36. The van der Waals surface area contributed by atoms with E-state index in [9.17, 15) is 4.79 Å². The number of amides is 1. The van der Waals surface area contributed by atoms with Gasteiger partial charge in [0, 0.05) is 12.6 Å². The Balaban J connectivity index is 2.10. The number of nitrogens with one attached hydrogen (secondary N) is 1. The van der Waals surface area contributed by atoms with Gasteiger partial charge in [0.2, 0.25) is 0 Å². The van der Waals surface area contributed by atoms with E-state index in [1.807, 2.05) is 25.1 Å². The number of carbonyl (C=O) groups is 1. The molecule has 0 aliphatic heterocycles. The summed E-state index contributed by atoms with van der Waals surface area (Å²) in [6, 6.07) is 6.40. The number of benzene rings is 1. The average Bonchev–Trinajstić information content (AvgIpc) is 3.26. The topological polar surface area (TPSA) is 73.6 Å². The van der Waals surface area contributed by atoms with Gasteiger partial charge in [0.1, 0.15) is 0 Å². The highest BCUT2D eigenvalue weighted by molar-refractivity contribution is 5.79. The second-order valence-corrected chi connectivity index (χ2v) is 5.06. The minimum Gasteiger partial charge on any atom is -0.493 e. The molecule has 2 rings (SSSR count). The molecular formula is C15H22N2O3. The van der Waals surface area contributed by atoms with Gasteiger partial charge in [0.15, 0.2) is 17.6 Å². The van der Waals surface area contributed by atoms with E-state index in [2.05, 4.69) is 5.32 Å². The lowest BCUT2D eigenvalue weighted by molar-refractivity contribution is -0.124. The van der Waals surface area contributed by atoms with Gasteiger partial charge in [-0.15, -0.1) is 0 Å². The van der Waals surface area contributed by atoms with Gasteiger partial charge < -0.3 is 20.5 Å². The second kappa shape index (κ2) is 6.61. The number of nitrogens with two attached hydrogens (primary N) is 1. The quantitative estimate of drug-likeness (QED) is 0.757. The van der Waals surface area contributed by atoms with Gasteiger partial charge in [-0.1, -0.05) is 13.0 Å². The largest absolute Gasteiger partial charge is 0.493 e. The first-order chi connectivity index (χ1) is 9.63. The van der Waals surface area contributed by atoms with Gasteiger partial charge in [-0.05, 0) is 37.0 Å². The first kappa shape index (κ1) is 14.7. The predicted octanol–water partition coefficient (Wildman–Crippen LogP) is 1.59. The first-order valence-corrected chi connectivity index (χ1v) is 7.00. The number of hydrogen-bond acceptors (Lipinski definition) is 4. The van der Waals surface area contributed by atoms with Crippen molar-refractivity contribution in [2.75, 3.05) is 7.11 Å². The Hall–Kier alpha value is -1.75. The Kier molecular flexibility index (Phi) is 4.84. The van der Waals surface area contributed by atoms with Crippen LogP contribution in [0, 0.1) is 0 Å². The van der Waals surface area contributed by atoms with E-state index in [4.69, 9.17) is 15.2 Å². The lowest BCUT2D eigenvalue weighted by Gasteiger charge is -2.17.